The predicted octanol–water partition coefficient (Wildman–Crippen LogP) is 8.00. The van der Waals surface area contributed by atoms with Crippen LogP contribution < -0.4 is 0 Å². The average molecular weight is 450 g/mol. The van der Waals surface area contributed by atoms with Gasteiger partial charge in [-0.05, 0) is 59.7 Å². The molecule has 4 heterocycles. The van der Waals surface area contributed by atoms with Gasteiger partial charge in [0.15, 0.2) is 5.65 Å². The Morgan fingerprint density at radius 3 is 2.37 bits per heavy atom. The molecule has 0 unspecified atom stereocenters. The van der Waals surface area contributed by atoms with Crippen LogP contribution in [0, 0.1) is 0 Å². The van der Waals surface area contributed by atoms with Gasteiger partial charge in [-0.3, -0.25) is 8.97 Å². The van der Waals surface area contributed by atoms with Gasteiger partial charge in [0.25, 0.3) is 0 Å². The number of furan rings is 1. The molecular weight excluding hydrogens is 430 g/mol. The zero-order chi connectivity index (χ0) is 22.9. The molecule has 0 aliphatic carbocycles. The van der Waals surface area contributed by atoms with E-state index < -0.39 is 0 Å². The summed E-state index contributed by atoms with van der Waals surface area (Å²) in [5, 5.41) is 3.44. The van der Waals surface area contributed by atoms with Gasteiger partial charge in [-0.15, -0.1) is 0 Å². The molecule has 8 rings (SSSR count). The normalized spacial score (nSPS) is 12.0. The smallest absolute Gasteiger partial charge is 0.150 e. The van der Waals surface area contributed by atoms with Crippen molar-refractivity contribution in [2.75, 3.05) is 0 Å². The molecule has 0 atom stereocenters. The summed E-state index contributed by atoms with van der Waals surface area (Å²) >= 11 is 0. The highest BCUT2D eigenvalue weighted by Gasteiger charge is 2.18. The minimum absolute atomic E-state index is 0.912. The van der Waals surface area contributed by atoms with Crippen LogP contribution in [-0.2, 0) is 0 Å². The van der Waals surface area contributed by atoms with E-state index in [1.807, 2.05) is 18.2 Å². The van der Waals surface area contributed by atoms with Crippen LogP contribution in [0.1, 0.15) is 0 Å². The first-order valence-electron chi connectivity index (χ1n) is 11.7. The second-order valence-corrected chi connectivity index (χ2v) is 8.92. The molecule has 0 aliphatic heterocycles. The fourth-order valence-electron chi connectivity index (χ4n) is 5.35. The zero-order valence-electron chi connectivity index (χ0n) is 18.7. The number of aromatic nitrogens is 3. The van der Waals surface area contributed by atoms with Gasteiger partial charge < -0.3 is 4.42 Å². The van der Waals surface area contributed by atoms with E-state index in [1.54, 1.807) is 0 Å². The van der Waals surface area contributed by atoms with Gasteiger partial charge in [0.05, 0.1) is 5.52 Å². The molecule has 4 nitrogen and oxygen atoms in total. The Balaban J connectivity index is 1.39. The second-order valence-electron chi connectivity index (χ2n) is 8.92. The monoisotopic (exact) mass is 449 g/mol. The van der Waals surface area contributed by atoms with Crippen LogP contribution in [0.5, 0.6) is 0 Å². The average Bonchev–Trinajstić information content (AvgIpc) is 3.57. The maximum Gasteiger partial charge on any atom is 0.150 e. The lowest BCUT2D eigenvalue weighted by Gasteiger charge is -2.10. The topological polar surface area (TPSA) is 35.4 Å². The van der Waals surface area contributed by atoms with Crippen LogP contribution >= 0.6 is 0 Å². The summed E-state index contributed by atoms with van der Waals surface area (Å²) < 4.78 is 10.5. The van der Waals surface area contributed by atoms with Crippen molar-refractivity contribution in [2.24, 2.45) is 0 Å². The number of imidazole rings is 1. The van der Waals surface area contributed by atoms with E-state index in [-0.39, 0.29) is 0 Å². The third-order valence-electron chi connectivity index (χ3n) is 6.93. The molecule has 35 heavy (non-hydrogen) atoms. The van der Waals surface area contributed by atoms with Crippen molar-refractivity contribution in [3.05, 3.63) is 115 Å². The molecular formula is C31H19N3O. The Kier molecular flexibility index (Phi) is 3.63. The first-order chi connectivity index (χ1) is 17.3. The van der Waals surface area contributed by atoms with Crippen molar-refractivity contribution >= 4 is 49.7 Å². The Labute approximate surface area is 200 Å². The summed E-state index contributed by atoms with van der Waals surface area (Å²) in [6, 6.07) is 38.0. The van der Waals surface area contributed by atoms with E-state index >= 15 is 0 Å². The summed E-state index contributed by atoms with van der Waals surface area (Å²) in [6.07, 6.45) is 2.09. The van der Waals surface area contributed by atoms with Crippen LogP contribution in [0.2, 0.25) is 0 Å². The van der Waals surface area contributed by atoms with Gasteiger partial charge >= 0.3 is 0 Å². The molecule has 4 aromatic carbocycles. The van der Waals surface area contributed by atoms with Gasteiger partial charge in [0, 0.05) is 28.0 Å². The molecule has 4 aromatic heterocycles. The Hall–Kier alpha value is -4.83. The van der Waals surface area contributed by atoms with Crippen molar-refractivity contribution < 1.29 is 4.42 Å². The van der Waals surface area contributed by atoms with E-state index in [4.69, 9.17) is 9.40 Å². The predicted molar refractivity (Wildman–Crippen MR) is 142 cm³/mol. The lowest BCUT2D eigenvalue weighted by molar-refractivity contribution is 0.669. The first-order valence-corrected chi connectivity index (χ1v) is 11.7. The summed E-state index contributed by atoms with van der Waals surface area (Å²) in [5.41, 5.74) is 9.46. The molecule has 0 bridgehead atoms. The zero-order valence-corrected chi connectivity index (χ0v) is 18.7. The lowest BCUT2D eigenvalue weighted by atomic mass is 10.0. The van der Waals surface area contributed by atoms with E-state index in [2.05, 4.69) is 106 Å². The van der Waals surface area contributed by atoms with Crippen molar-refractivity contribution in [1.82, 2.24) is 14.0 Å². The van der Waals surface area contributed by atoms with E-state index in [0.29, 0.717) is 0 Å². The minimum Gasteiger partial charge on any atom is -0.456 e. The number of benzene rings is 4. The van der Waals surface area contributed by atoms with Gasteiger partial charge in [0.2, 0.25) is 0 Å². The number of hydrogen-bond acceptors (Lipinski definition) is 2. The van der Waals surface area contributed by atoms with Gasteiger partial charge in [-0.2, -0.15) is 0 Å². The van der Waals surface area contributed by atoms with Gasteiger partial charge in [-0.1, -0.05) is 60.7 Å². The van der Waals surface area contributed by atoms with E-state index in [0.717, 1.165) is 66.5 Å². The number of nitrogens with zero attached hydrogens (tertiary/aromatic N) is 3. The summed E-state index contributed by atoms with van der Waals surface area (Å²) in [7, 11) is 0. The minimum atomic E-state index is 0.912. The molecule has 0 saturated heterocycles. The number of rotatable bonds is 2. The quantitative estimate of drug-likeness (QED) is 0.268. The lowest BCUT2D eigenvalue weighted by Crippen LogP contribution is -1.97. The number of pyridine rings is 1. The van der Waals surface area contributed by atoms with Crippen molar-refractivity contribution in [3.8, 4) is 16.8 Å². The van der Waals surface area contributed by atoms with Crippen LogP contribution in [0.3, 0.4) is 0 Å². The molecule has 0 amide bonds. The molecule has 0 spiro atoms. The standard InChI is InChI=1S/C31H19N3O/c1-3-12-26-24(11-1)30-31(33-17-6-5-14-29(33)32-30)34(26)22-9-7-8-20(18-22)21-15-16-28-25(19-21)23-10-2-4-13-27(23)35-28/h1-19H. The molecule has 0 N–H and O–H groups in total. The van der Waals surface area contributed by atoms with Crippen LogP contribution in [0.15, 0.2) is 120 Å². The van der Waals surface area contributed by atoms with Crippen molar-refractivity contribution in [3.63, 3.8) is 0 Å². The fraction of sp³-hybridized carbons (Fsp3) is 0. The molecule has 0 aliphatic rings. The molecule has 0 saturated carbocycles. The van der Waals surface area contributed by atoms with Crippen LogP contribution in [0.25, 0.3) is 66.5 Å². The Bertz CT molecular complexity index is 2070. The highest BCUT2D eigenvalue weighted by molar-refractivity contribution is 6.08. The van der Waals surface area contributed by atoms with Crippen molar-refractivity contribution in [2.45, 2.75) is 0 Å². The highest BCUT2D eigenvalue weighted by Crippen LogP contribution is 2.35. The maximum absolute atomic E-state index is 6.04. The van der Waals surface area contributed by atoms with Gasteiger partial charge in [-0.25, -0.2) is 4.98 Å². The van der Waals surface area contributed by atoms with Crippen molar-refractivity contribution in [1.29, 1.82) is 0 Å². The largest absolute Gasteiger partial charge is 0.456 e. The van der Waals surface area contributed by atoms with Crippen LogP contribution in [0.4, 0.5) is 0 Å². The van der Waals surface area contributed by atoms with Gasteiger partial charge in [0.1, 0.15) is 22.3 Å². The van der Waals surface area contributed by atoms with E-state index in [1.165, 1.54) is 0 Å². The molecule has 8 aromatic rings. The molecule has 4 heteroatoms. The first kappa shape index (κ1) is 18.6. The second kappa shape index (κ2) is 6.84. The summed E-state index contributed by atoms with van der Waals surface area (Å²) in [6.45, 7) is 0. The third-order valence-corrected chi connectivity index (χ3v) is 6.93. The Morgan fingerprint density at radius 2 is 1.40 bits per heavy atom. The number of hydrogen-bond donors (Lipinski definition) is 0. The molecule has 0 radical (unpaired) electrons. The summed E-state index contributed by atoms with van der Waals surface area (Å²) in [5.74, 6) is 0. The number of para-hydroxylation sites is 2. The number of fused-ring (bicyclic) bond motifs is 8. The molecule has 0 fully saturated rings. The van der Waals surface area contributed by atoms with E-state index in [9.17, 15) is 0 Å². The highest BCUT2D eigenvalue weighted by atomic mass is 16.3. The molecule has 164 valence electrons. The summed E-state index contributed by atoms with van der Waals surface area (Å²) in [4.78, 5) is 4.96. The van der Waals surface area contributed by atoms with Crippen LogP contribution in [-0.4, -0.2) is 14.0 Å². The SMILES string of the molecule is c1cc(-c2ccc3oc4ccccc4c3c2)cc(-n2c3ccccc3c3nc4ccccn4c32)c1. The Morgan fingerprint density at radius 1 is 0.600 bits per heavy atom. The third kappa shape index (κ3) is 2.59. The fourth-order valence-corrected chi connectivity index (χ4v) is 5.35. The maximum atomic E-state index is 6.04.